The summed E-state index contributed by atoms with van der Waals surface area (Å²) in [6, 6.07) is 9.96. The first-order chi connectivity index (χ1) is 13.1. The smallest absolute Gasteiger partial charge is 0.342 e. The van der Waals surface area contributed by atoms with Crippen LogP contribution in [0.2, 0.25) is 0 Å². The molecule has 0 saturated heterocycles. The minimum absolute atomic E-state index is 0.0465. The van der Waals surface area contributed by atoms with E-state index in [1.807, 2.05) is 0 Å². The summed E-state index contributed by atoms with van der Waals surface area (Å²) in [5.41, 5.74) is 0.344. The molecule has 0 radical (unpaired) electrons. The minimum atomic E-state index is -4.38. The van der Waals surface area contributed by atoms with Gasteiger partial charge in [0.2, 0.25) is 5.91 Å². The molecule has 0 aliphatic rings. The van der Waals surface area contributed by atoms with Crippen LogP contribution < -0.4 is 15.5 Å². The topological polar surface area (TPSA) is 62.6 Å². The Morgan fingerprint density at radius 2 is 1.57 bits per heavy atom. The average Bonchev–Trinajstić information content (AvgIpc) is 2.61. The van der Waals surface area contributed by atoms with Gasteiger partial charge in [-0.3, -0.25) is 9.59 Å². The van der Waals surface area contributed by atoms with E-state index in [1.165, 1.54) is 36.4 Å². The second kappa shape index (κ2) is 9.32. The summed E-state index contributed by atoms with van der Waals surface area (Å²) < 4.78 is 50.5. The summed E-state index contributed by atoms with van der Waals surface area (Å²) in [6.45, 7) is 0.155. The molecule has 0 saturated carbocycles. The van der Waals surface area contributed by atoms with E-state index in [1.54, 1.807) is 7.05 Å². The van der Waals surface area contributed by atoms with Crippen LogP contribution in [0.25, 0.3) is 0 Å². The number of nitrogens with one attached hydrogen (secondary N) is 3. The molecule has 2 aromatic carbocycles. The fourth-order valence-electron chi connectivity index (χ4n) is 2.48. The Morgan fingerprint density at radius 1 is 0.964 bits per heavy atom. The third-order valence-electron chi connectivity index (χ3n) is 3.82. The number of amides is 2. The van der Waals surface area contributed by atoms with Crippen LogP contribution in [0.3, 0.4) is 0 Å². The molecule has 2 rings (SSSR count). The summed E-state index contributed by atoms with van der Waals surface area (Å²) >= 11 is 0. The first-order valence-corrected chi connectivity index (χ1v) is 8.43. The van der Waals surface area contributed by atoms with Gasteiger partial charge in [-0.15, -0.1) is 0 Å². The van der Waals surface area contributed by atoms with Crippen molar-refractivity contribution in [3.05, 3.63) is 65.5 Å². The molecular weight excluding hydrogens is 378 g/mol. The number of rotatable bonds is 7. The molecule has 28 heavy (non-hydrogen) atoms. The number of quaternary nitrogens is 1. The Balaban J connectivity index is 1.74. The van der Waals surface area contributed by atoms with Gasteiger partial charge in [-0.2, -0.15) is 13.2 Å². The van der Waals surface area contributed by atoms with Crippen molar-refractivity contribution in [3.8, 4) is 0 Å². The van der Waals surface area contributed by atoms with E-state index in [4.69, 9.17) is 0 Å². The summed E-state index contributed by atoms with van der Waals surface area (Å²) in [4.78, 5) is 24.4. The van der Waals surface area contributed by atoms with Crippen molar-refractivity contribution in [2.24, 2.45) is 0 Å². The maximum atomic E-state index is 12.8. The number of anilines is 1. The molecule has 0 aliphatic heterocycles. The first kappa shape index (κ1) is 21.4. The van der Waals surface area contributed by atoms with Crippen molar-refractivity contribution in [1.29, 1.82) is 0 Å². The normalized spacial score (nSPS) is 12.3. The number of carbonyl (C=O) groups is 2. The van der Waals surface area contributed by atoms with Crippen LogP contribution >= 0.6 is 0 Å². The maximum Gasteiger partial charge on any atom is 0.416 e. The van der Waals surface area contributed by atoms with Crippen molar-refractivity contribution in [2.75, 3.05) is 25.5 Å². The molecule has 1 atom stereocenters. The van der Waals surface area contributed by atoms with Gasteiger partial charge in [-0.25, -0.2) is 4.39 Å². The lowest BCUT2D eigenvalue weighted by Gasteiger charge is -2.14. The van der Waals surface area contributed by atoms with E-state index in [2.05, 4.69) is 10.6 Å². The highest BCUT2D eigenvalue weighted by atomic mass is 19.4. The van der Waals surface area contributed by atoms with Gasteiger partial charge in [0.15, 0.2) is 6.54 Å². The fraction of sp³-hybridized carbons (Fsp3) is 0.263. The molecule has 5 nitrogen and oxygen atoms in total. The first-order valence-electron chi connectivity index (χ1n) is 8.43. The largest absolute Gasteiger partial charge is 0.416 e. The van der Waals surface area contributed by atoms with E-state index in [0.717, 1.165) is 17.0 Å². The molecule has 0 heterocycles. The maximum absolute atomic E-state index is 12.8. The lowest BCUT2D eigenvalue weighted by Crippen LogP contribution is -3.08. The average molecular weight is 398 g/mol. The van der Waals surface area contributed by atoms with Gasteiger partial charge in [-0.1, -0.05) is 12.1 Å². The number of likely N-dealkylation sites (N-methyl/N-ethyl adjacent to an activating group) is 1. The molecule has 150 valence electrons. The standard InChI is InChI=1S/C19H19F4N3O2/c1-26(11-13-2-4-14(5-3-13)19(21,22)23)12-18(28)24-10-17(27)25-16-8-6-15(20)7-9-16/h2-9H,10-12H2,1H3,(H,24,28)(H,25,27)/p+1. The Labute approximate surface area is 159 Å². The predicted molar refractivity (Wildman–Crippen MR) is 94.9 cm³/mol. The zero-order chi connectivity index (χ0) is 20.7. The van der Waals surface area contributed by atoms with Gasteiger partial charge in [-0.05, 0) is 36.4 Å². The highest BCUT2D eigenvalue weighted by molar-refractivity contribution is 5.94. The highest BCUT2D eigenvalue weighted by Gasteiger charge is 2.30. The predicted octanol–water partition coefficient (Wildman–Crippen LogP) is 1.61. The van der Waals surface area contributed by atoms with Crippen molar-refractivity contribution in [2.45, 2.75) is 12.7 Å². The van der Waals surface area contributed by atoms with Crippen LogP contribution in [0, 0.1) is 5.82 Å². The Kier molecular flexibility index (Phi) is 7.11. The fourth-order valence-corrected chi connectivity index (χ4v) is 2.48. The van der Waals surface area contributed by atoms with Crippen LogP contribution in [-0.2, 0) is 22.3 Å². The van der Waals surface area contributed by atoms with E-state index in [-0.39, 0.29) is 19.0 Å². The van der Waals surface area contributed by atoms with Crippen LogP contribution in [0.15, 0.2) is 48.5 Å². The van der Waals surface area contributed by atoms with E-state index < -0.39 is 23.5 Å². The number of hydrogen-bond acceptors (Lipinski definition) is 2. The summed E-state index contributed by atoms with van der Waals surface area (Å²) in [5, 5.41) is 4.98. The van der Waals surface area contributed by atoms with E-state index in [9.17, 15) is 27.2 Å². The van der Waals surface area contributed by atoms with Gasteiger partial charge in [0.05, 0.1) is 19.2 Å². The third kappa shape index (κ3) is 6.99. The van der Waals surface area contributed by atoms with Gasteiger partial charge < -0.3 is 15.5 Å². The van der Waals surface area contributed by atoms with Crippen LogP contribution in [0.5, 0.6) is 0 Å². The summed E-state index contributed by atoms with van der Waals surface area (Å²) in [6.07, 6.45) is -4.38. The number of hydrogen-bond donors (Lipinski definition) is 3. The van der Waals surface area contributed by atoms with Crippen LogP contribution in [0.4, 0.5) is 23.2 Å². The molecule has 2 amide bonds. The lowest BCUT2D eigenvalue weighted by atomic mass is 10.1. The zero-order valence-electron chi connectivity index (χ0n) is 15.1. The monoisotopic (exact) mass is 398 g/mol. The second-order valence-corrected chi connectivity index (χ2v) is 6.34. The highest BCUT2D eigenvalue weighted by Crippen LogP contribution is 2.28. The Morgan fingerprint density at radius 3 is 2.14 bits per heavy atom. The number of carbonyl (C=O) groups excluding carboxylic acids is 2. The molecule has 0 aromatic heterocycles. The van der Waals surface area contributed by atoms with Crippen molar-refractivity contribution in [3.63, 3.8) is 0 Å². The van der Waals surface area contributed by atoms with Gasteiger partial charge in [0.25, 0.3) is 5.91 Å². The SMILES string of the molecule is C[NH+](CC(=O)NCC(=O)Nc1ccc(F)cc1)Cc1ccc(C(F)(F)F)cc1. The molecule has 2 aromatic rings. The van der Waals surface area contributed by atoms with Gasteiger partial charge >= 0.3 is 6.18 Å². The van der Waals surface area contributed by atoms with Crippen LogP contribution in [-0.4, -0.2) is 32.0 Å². The molecule has 3 N–H and O–H groups in total. The Bertz CT molecular complexity index is 805. The van der Waals surface area contributed by atoms with Crippen molar-refractivity contribution < 1.29 is 32.1 Å². The van der Waals surface area contributed by atoms with E-state index >= 15 is 0 Å². The molecule has 9 heteroatoms. The van der Waals surface area contributed by atoms with Gasteiger partial charge in [0, 0.05) is 11.3 Å². The van der Waals surface area contributed by atoms with E-state index in [0.29, 0.717) is 17.8 Å². The molecule has 0 bridgehead atoms. The van der Waals surface area contributed by atoms with Gasteiger partial charge in [0.1, 0.15) is 12.4 Å². The summed E-state index contributed by atoms with van der Waals surface area (Å²) in [5.74, 6) is -1.26. The Hall–Kier alpha value is -2.94. The van der Waals surface area contributed by atoms with Crippen molar-refractivity contribution in [1.82, 2.24) is 5.32 Å². The molecule has 0 spiro atoms. The van der Waals surface area contributed by atoms with Crippen LogP contribution in [0.1, 0.15) is 11.1 Å². The molecular formula is C19H20F4N3O2+. The second-order valence-electron chi connectivity index (χ2n) is 6.34. The number of benzene rings is 2. The number of halogens is 4. The summed E-state index contributed by atoms with van der Waals surface area (Å²) in [7, 11) is 1.72. The molecule has 1 unspecified atom stereocenters. The minimum Gasteiger partial charge on any atom is -0.342 e. The zero-order valence-corrected chi connectivity index (χ0v) is 15.1. The molecule has 0 fully saturated rings. The van der Waals surface area contributed by atoms with Crippen molar-refractivity contribution >= 4 is 17.5 Å². The quantitative estimate of drug-likeness (QED) is 0.621. The number of alkyl halides is 3. The lowest BCUT2D eigenvalue weighted by molar-refractivity contribution is -0.885. The third-order valence-corrected chi connectivity index (χ3v) is 3.82. The molecule has 0 aliphatic carbocycles.